The quantitative estimate of drug-likeness (QED) is 0.723. The molecular formula is C24H32N4O3S. The summed E-state index contributed by atoms with van der Waals surface area (Å²) in [6, 6.07) is 15.9. The zero-order chi connectivity index (χ0) is 22.6. The second-order valence-corrected chi connectivity index (χ2v) is 10.6. The van der Waals surface area contributed by atoms with Crippen LogP contribution < -0.4 is 15.1 Å². The van der Waals surface area contributed by atoms with Crippen LogP contribution in [-0.2, 0) is 14.8 Å². The van der Waals surface area contributed by atoms with Gasteiger partial charge in [0.2, 0.25) is 15.9 Å². The molecule has 8 heteroatoms. The number of aryl methyl sites for hydroxylation is 1. The van der Waals surface area contributed by atoms with Crippen molar-refractivity contribution in [2.24, 2.45) is 0 Å². The Balaban J connectivity index is 1.29. The standard InChI is InChI=1S/C24H32N4O3S/c1-20-6-5-7-23(18-20)27-14-16-28(17-15-27)32(30,31)19-24(29)25-21-8-10-22(11-9-21)26-12-3-2-4-13-26/h5-11,18H,2-4,12-17,19H2,1H3,(H,25,29). The van der Waals surface area contributed by atoms with Crippen LogP contribution in [0.3, 0.4) is 0 Å². The van der Waals surface area contributed by atoms with Crippen LogP contribution in [0.1, 0.15) is 24.8 Å². The first kappa shape index (κ1) is 22.6. The first-order valence-electron chi connectivity index (χ1n) is 11.3. The van der Waals surface area contributed by atoms with Gasteiger partial charge in [0.25, 0.3) is 0 Å². The van der Waals surface area contributed by atoms with E-state index < -0.39 is 21.7 Å². The van der Waals surface area contributed by atoms with E-state index in [1.54, 1.807) is 0 Å². The number of piperazine rings is 1. The van der Waals surface area contributed by atoms with E-state index in [2.05, 4.69) is 21.2 Å². The minimum absolute atomic E-state index is 0.383. The Kier molecular flexibility index (Phi) is 7.01. The van der Waals surface area contributed by atoms with Crippen molar-refractivity contribution in [2.75, 3.05) is 60.1 Å². The third-order valence-electron chi connectivity index (χ3n) is 6.18. The maximum absolute atomic E-state index is 12.8. The fourth-order valence-electron chi connectivity index (χ4n) is 4.41. The van der Waals surface area contributed by atoms with Crippen LogP contribution in [-0.4, -0.2) is 63.7 Å². The minimum atomic E-state index is -3.66. The second kappa shape index (κ2) is 9.92. The summed E-state index contributed by atoms with van der Waals surface area (Å²) in [6.45, 7) is 6.15. The molecule has 0 atom stereocenters. The number of rotatable bonds is 6. The van der Waals surface area contributed by atoms with Crippen molar-refractivity contribution >= 4 is 33.0 Å². The highest BCUT2D eigenvalue weighted by Crippen LogP contribution is 2.22. The molecule has 4 rings (SSSR count). The maximum atomic E-state index is 12.8. The molecule has 1 amide bonds. The fourth-order valence-corrected chi connectivity index (χ4v) is 5.72. The van der Waals surface area contributed by atoms with Gasteiger partial charge in [0, 0.05) is 56.3 Å². The van der Waals surface area contributed by atoms with Gasteiger partial charge < -0.3 is 15.1 Å². The Morgan fingerprint density at radius 1 is 0.844 bits per heavy atom. The van der Waals surface area contributed by atoms with Crippen molar-refractivity contribution in [2.45, 2.75) is 26.2 Å². The summed E-state index contributed by atoms with van der Waals surface area (Å²) in [4.78, 5) is 17.0. The molecule has 1 N–H and O–H groups in total. The number of amides is 1. The molecule has 32 heavy (non-hydrogen) atoms. The molecule has 0 saturated carbocycles. The van der Waals surface area contributed by atoms with Gasteiger partial charge in [0.05, 0.1) is 0 Å². The van der Waals surface area contributed by atoms with E-state index in [0.717, 1.165) is 24.5 Å². The van der Waals surface area contributed by atoms with Gasteiger partial charge in [-0.25, -0.2) is 8.42 Å². The normalized spacial score (nSPS) is 17.9. The lowest BCUT2D eigenvalue weighted by atomic mass is 10.1. The van der Waals surface area contributed by atoms with E-state index in [1.165, 1.54) is 29.1 Å². The summed E-state index contributed by atoms with van der Waals surface area (Å²) in [5, 5.41) is 2.73. The predicted octanol–water partition coefficient (Wildman–Crippen LogP) is 3.08. The first-order valence-corrected chi connectivity index (χ1v) is 13.0. The molecular weight excluding hydrogens is 424 g/mol. The molecule has 0 aromatic heterocycles. The highest BCUT2D eigenvalue weighted by Gasteiger charge is 2.29. The predicted molar refractivity (Wildman–Crippen MR) is 130 cm³/mol. The van der Waals surface area contributed by atoms with Gasteiger partial charge in [-0.15, -0.1) is 0 Å². The highest BCUT2D eigenvalue weighted by molar-refractivity contribution is 7.89. The number of carbonyl (C=O) groups is 1. The van der Waals surface area contributed by atoms with E-state index in [0.29, 0.717) is 31.9 Å². The third kappa shape index (κ3) is 5.61. The number of piperidine rings is 1. The van der Waals surface area contributed by atoms with E-state index in [4.69, 9.17) is 0 Å². The van der Waals surface area contributed by atoms with Gasteiger partial charge in [-0.05, 0) is 68.1 Å². The van der Waals surface area contributed by atoms with Crippen molar-refractivity contribution in [3.63, 3.8) is 0 Å². The Hall–Kier alpha value is -2.58. The van der Waals surface area contributed by atoms with Gasteiger partial charge in [0.15, 0.2) is 0 Å². The van der Waals surface area contributed by atoms with E-state index in [1.807, 2.05) is 49.4 Å². The van der Waals surface area contributed by atoms with E-state index in [9.17, 15) is 13.2 Å². The summed E-state index contributed by atoms with van der Waals surface area (Å²) in [7, 11) is -3.66. The minimum Gasteiger partial charge on any atom is -0.372 e. The lowest BCUT2D eigenvalue weighted by molar-refractivity contribution is -0.113. The number of carbonyl (C=O) groups excluding carboxylic acids is 1. The van der Waals surface area contributed by atoms with Crippen LogP contribution in [0.15, 0.2) is 48.5 Å². The topological polar surface area (TPSA) is 73.0 Å². The van der Waals surface area contributed by atoms with Gasteiger partial charge >= 0.3 is 0 Å². The van der Waals surface area contributed by atoms with Crippen LogP contribution >= 0.6 is 0 Å². The summed E-state index contributed by atoms with van der Waals surface area (Å²) in [5.41, 5.74) is 4.04. The van der Waals surface area contributed by atoms with Crippen molar-refractivity contribution in [1.82, 2.24) is 4.31 Å². The Morgan fingerprint density at radius 2 is 1.50 bits per heavy atom. The number of benzene rings is 2. The Labute approximate surface area is 191 Å². The lowest BCUT2D eigenvalue weighted by Crippen LogP contribution is -2.50. The summed E-state index contributed by atoms with van der Waals surface area (Å²) in [5.74, 6) is -1.04. The number of sulfonamides is 1. The van der Waals surface area contributed by atoms with Crippen LogP contribution in [0, 0.1) is 6.92 Å². The SMILES string of the molecule is Cc1cccc(N2CCN(S(=O)(=O)CC(=O)Nc3ccc(N4CCCCC4)cc3)CC2)c1. The number of nitrogens with one attached hydrogen (secondary N) is 1. The zero-order valence-electron chi connectivity index (χ0n) is 18.7. The van der Waals surface area contributed by atoms with Gasteiger partial charge in [-0.1, -0.05) is 12.1 Å². The van der Waals surface area contributed by atoms with E-state index in [-0.39, 0.29) is 0 Å². The second-order valence-electron chi connectivity index (χ2n) is 8.62. The van der Waals surface area contributed by atoms with Gasteiger partial charge in [0.1, 0.15) is 5.75 Å². The zero-order valence-corrected chi connectivity index (χ0v) is 19.5. The van der Waals surface area contributed by atoms with Crippen molar-refractivity contribution < 1.29 is 13.2 Å². The molecule has 2 saturated heterocycles. The molecule has 0 radical (unpaired) electrons. The van der Waals surface area contributed by atoms with Crippen LogP contribution in [0.5, 0.6) is 0 Å². The van der Waals surface area contributed by atoms with E-state index >= 15 is 0 Å². The molecule has 0 spiro atoms. The van der Waals surface area contributed by atoms with Crippen LogP contribution in [0.25, 0.3) is 0 Å². The molecule has 2 fully saturated rings. The van der Waals surface area contributed by atoms with Crippen molar-refractivity contribution in [3.05, 3.63) is 54.1 Å². The summed E-state index contributed by atoms with van der Waals surface area (Å²) < 4.78 is 27.0. The molecule has 7 nitrogen and oxygen atoms in total. The summed E-state index contributed by atoms with van der Waals surface area (Å²) >= 11 is 0. The smallest absolute Gasteiger partial charge is 0.241 e. The molecule has 2 aromatic carbocycles. The highest BCUT2D eigenvalue weighted by atomic mass is 32.2. The fraction of sp³-hybridized carbons (Fsp3) is 0.458. The van der Waals surface area contributed by atoms with Crippen molar-refractivity contribution in [3.8, 4) is 0 Å². The summed E-state index contributed by atoms with van der Waals surface area (Å²) in [6.07, 6.45) is 3.69. The average molecular weight is 457 g/mol. The molecule has 2 heterocycles. The number of nitrogens with zero attached hydrogens (tertiary/aromatic N) is 3. The monoisotopic (exact) mass is 456 g/mol. The Bertz CT molecular complexity index is 1030. The number of hydrogen-bond acceptors (Lipinski definition) is 5. The number of hydrogen-bond donors (Lipinski definition) is 1. The van der Waals surface area contributed by atoms with Crippen molar-refractivity contribution in [1.29, 1.82) is 0 Å². The van der Waals surface area contributed by atoms with Crippen LogP contribution in [0.4, 0.5) is 17.1 Å². The Morgan fingerprint density at radius 3 is 2.16 bits per heavy atom. The average Bonchev–Trinajstić information content (AvgIpc) is 2.80. The molecule has 2 aliphatic heterocycles. The molecule has 2 aromatic rings. The first-order chi connectivity index (χ1) is 15.4. The lowest BCUT2D eigenvalue weighted by Gasteiger charge is -2.35. The van der Waals surface area contributed by atoms with Crippen LogP contribution in [0.2, 0.25) is 0 Å². The maximum Gasteiger partial charge on any atom is 0.241 e. The third-order valence-corrected chi connectivity index (χ3v) is 7.96. The molecule has 0 bridgehead atoms. The van der Waals surface area contributed by atoms with Gasteiger partial charge in [-0.2, -0.15) is 4.31 Å². The molecule has 0 unspecified atom stereocenters. The molecule has 172 valence electrons. The number of anilines is 3. The molecule has 2 aliphatic rings. The largest absolute Gasteiger partial charge is 0.372 e. The molecule has 0 aliphatic carbocycles. The van der Waals surface area contributed by atoms with Gasteiger partial charge in [-0.3, -0.25) is 4.79 Å².